The molecule has 30 heteroatoms. The predicted molar refractivity (Wildman–Crippen MR) is 388 cm³/mol. The highest BCUT2D eigenvalue weighted by Crippen LogP contribution is 2.42. The van der Waals surface area contributed by atoms with E-state index in [1.54, 1.807) is 26.0 Å². The van der Waals surface area contributed by atoms with Gasteiger partial charge >= 0.3 is 6.18 Å². The van der Waals surface area contributed by atoms with Crippen LogP contribution in [0.2, 0.25) is 0 Å². The number of carbonyl (C=O) groups excluding carboxylic acids is 12. The smallest absolute Gasteiger partial charge is 0.377 e. The van der Waals surface area contributed by atoms with E-state index in [0.29, 0.717) is 51.4 Å². The van der Waals surface area contributed by atoms with E-state index in [2.05, 4.69) is 16.0 Å². The van der Waals surface area contributed by atoms with Crippen LogP contribution in [0, 0.1) is 35.5 Å². The summed E-state index contributed by atoms with van der Waals surface area (Å²) in [7, 11) is 11.3. The van der Waals surface area contributed by atoms with Gasteiger partial charge in [0.15, 0.2) is 0 Å². The minimum atomic E-state index is -4.44. The molecule has 3 heterocycles. The van der Waals surface area contributed by atoms with Crippen molar-refractivity contribution in [3.63, 3.8) is 0 Å². The molecular weight excluding hydrogens is 1390 g/mol. The fourth-order valence-electron chi connectivity index (χ4n) is 16.0. The van der Waals surface area contributed by atoms with Gasteiger partial charge in [-0.3, -0.25) is 57.5 Å². The summed E-state index contributed by atoms with van der Waals surface area (Å²) in [4.78, 5) is 192. The number of hydrogen-bond acceptors (Lipinski definition) is 13. The maximum atomic E-state index is 15.6. The van der Waals surface area contributed by atoms with E-state index in [1.165, 1.54) is 85.8 Å². The minimum absolute atomic E-state index is 0.000794. The van der Waals surface area contributed by atoms with Crippen LogP contribution in [-0.2, 0) is 62.3 Å². The first-order valence-corrected chi connectivity index (χ1v) is 38.6. The zero-order valence-corrected chi connectivity index (χ0v) is 65.6. The number of nitrogens with one attached hydrogen (secondary N) is 3. The molecule has 2 saturated heterocycles. The summed E-state index contributed by atoms with van der Waals surface area (Å²) in [5.41, 5.74) is -1.57. The third kappa shape index (κ3) is 21.5. The largest absolute Gasteiger partial charge is 0.391 e. The van der Waals surface area contributed by atoms with Crippen molar-refractivity contribution >= 4 is 94.1 Å². The fourth-order valence-corrected chi connectivity index (χ4v) is 16.6. The van der Waals surface area contributed by atoms with Crippen molar-refractivity contribution in [3.05, 3.63) is 12.2 Å². The lowest BCUT2D eigenvalue weighted by molar-refractivity contribution is -0.184. The zero-order chi connectivity index (χ0) is 77.6. The van der Waals surface area contributed by atoms with Crippen LogP contribution in [0.25, 0.3) is 0 Å². The minimum Gasteiger partial charge on any atom is -0.377 e. The molecule has 6 rings (SSSR count). The third-order valence-electron chi connectivity index (χ3n) is 23.1. The number of nitrogens with zero attached hydrogens (tertiary/aromatic N) is 9. The summed E-state index contributed by atoms with van der Waals surface area (Å²) < 4.78 is 48.5. The lowest BCUT2D eigenvalue weighted by Crippen LogP contribution is -2.68. The fraction of sp³-hybridized carbons (Fsp3) is 0.811. The van der Waals surface area contributed by atoms with E-state index in [4.69, 9.17) is 27.9 Å². The summed E-state index contributed by atoms with van der Waals surface area (Å²) in [5.74, 6) is -11.5. The average molecular weight is 1510 g/mol. The summed E-state index contributed by atoms with van der Waals surface area (Å²) in [6.07, 6.45) is 1.94. The first-order valence-electron chi connectivity index (χ1n) is 37.8. The number of likely N-dealkylation sites (N-methyl/N-ethyl adjacent to an activating group) is 7. The topological polar surface area (TPSA) is 279 Å². The van der Waals surface area contributed by atoms with E-state index < -0.39 is 180 Å². The van der Waals surface area contributed by atoms with Gasteiger partial charge in [-0.1, -0.05) is 73.0 Å². The molecule has 1 spiro atoms. The molecule has 3 aliphatic heterocycles. The molecule has 6 aliphatic rings. The molecule has 13 atom stereocenters. The normalized spacial score (nSPS) is 31.0. The van der Waals surface area contributed by atoms with Crippen molar-refractivity contribution in [2.24, 2.45) is 35.5 Å². The van der Waals surface area contributed by atoms with Gasteiger partial charge in [-0.25, -0.2) is 0 Å². The Kier molecular flexibility index (Phi) is 32.1. The quantitative estimate of drug-likeness (QED) is 0.119. The molecule has 2 bridgehead atoms. The zero-order valence-electron chi connectivity index (χ0n) is 64.1. The molecule has 25 nitrogen and oxygen atoms in total. The standard InChI is InChI=1S/C74H119Cl2F3N12O13/c1-16-45(7)62-70(101)85(11)43-61(94)86(12)54-24-21-20-22-35-90(69(54)100)58(38-47-25-29-49(30-26-47)74(77,78)79)68(99)84(10)42-59(92)80-53(32-28-46-27-31-51(75)52(76)37-46)66(97)91-41-50(104-19-4)39-56(91)65(96)82-73(33-23-34-73)72(103)89(15)63(48(17-2)18-3)71(102)88(14)57(67(98)83(8)9)40-60(93)87(13)55(36-44(5)6)64(95)81-62/h20-21,44-58,62-63H,16-19,22-43H2,1-15H3,(H,80,92)(H,81,95)(H,82,96)/b21-20-/t45-,46?,47?,49?,50+,51?,52?,53-,54-,55-,56-,57-,58-,62-,63-/m0/s1. The predicted octanol–water partition coefficient (Wildman–Crippen LogP) is 6.35. The van der Waals surface area contributed by atoms with Gasteiger partial charge in [0, 0.05) is 87.9 Å². The lowest BCUT2D eigenvalue weighted by Gasteiger charge is -2.47. The molecular formula is C74H119Cl2F3N12O13. The van der Waals surface area contributed by atoms with E-state index in [1.807, 2.05) is 34.6 Å². The van der Waals surface area contributed by atoms with Crippen molar-refractivity contribution in [2.75, 3.05) is 89.2 Å². The van der Waals surface area contributed by atoms with Gasteiger partial charge in [-0.15, -0.1) is 23.2 Å². The SMILES string of the molecule is CCO[C@@H]1C[C@H]2C(=O)NC3(CCC3)C(=O)N(C)[C@@H](C(CC)CC)C(=O)N(C)[C@H](C(=O)N(C)C)CC(=O)N(C)[C@@H](CC(C)C)C(=O)N[C@@H]([C@@H](C)CC)C(=O)N(C)CC(=O)N(C)[C@H]3C/C=C\CCN(C3=O)[C@@H](CC3CCC(C(F)(F)F)CC3)C(=O)N(C)CC(=O)N[C@@H](CCC3CCC(Cl)C(Cl)C3)C(=O)N2C1. The van der Waals surface area contributed by atoms with Crippen LogP contribution in [0.4, 0.5) is 13.2 Å². The molecule has 0 aromatic carbocycles. The molecule has 0 aromatic heterocycles. The van der Waals surface area contributed by atoms with Crippen LogP contribution in [0.1, 0.15) is 183 Å². The van der Waals surface area contributed by atoms with Gasteiger partial charge in [0.2, 0.25) is 70.9 Å². The Morgan fingerprint density at radius 2 is 1.30 bits per heavy atom. The molecule has 3 saturated carbocycles. The Labute approximate surface area is 623 Å². The van der Waals surface area contributed by atoms with Gasteiger partial charge < -0.3 is 64.8 Å². The molecule has 5 fully saturated rings. The third-order valence-corrected chi connectivity index (χ3v) is 24.2. The highest BCUT2D eigenvalue weighted by Gasteiger charge is 2.54. The van der Waals surface area contributed by atoms with Crippen molar-refractivity contribution in [2.45, 2.75) is 260 Å². The first kappa shape index (κ1) is 86.6. The van der Waals surface area contributed by atoms with Gasteiger partial charge in [0.25, 0.3) is 0 Å². The van der Waals surface area contributed by atoms with Crippen LogP contribution in [0.5, 0.6) is 0 Å². The van der Waals surface area contributed by atoms with E-state index in [0.717, 1.165) is 14.7 Å². The van der Waals surface area contributed by atoms with Crippen LogP contribution < -0.4 is 16.0 Å². The summed E-state index contributed by atoms with van der Waals surface area (Å²) in [5, 5.41) is 8.17. The Morgan fingerprint density at radius 1 is 0.663 bits per heavy atom. The summed E-state index contributed by atoms with van der Waals surface area (Å²) in [6.45, 7) is 11.5. The maximum Gasteiger partial charge on any atom is 0.391 e. The van der Waals surface area contributed by atoms with Crippen molar-refractivity contribution < 1.29 is 75.4 Å². The van der Waals surface area contributed by atoms with Gasteiger partial charge in [0.1, 0.15) is 53.9 Å². The monoisotopic (exact) mass is 1510 g/mol. The van der Waals surface area contributed by atoms with Crippen LogP contribution >= 0.6 is 23.2 Å². The number of carbonyl (C=O) groups is 12. The van der Waals surface area contributed by atoms with Crippen molar-refractivity contribution in [3.8, 4) is 0 Å². The summed E-state index contributed by atoms with van der Waals surface area (Å²) >= 11 is 13.3. The second kappa shape index (κ2) is 38.5. The molecule has 104 heavy (non-hydrogen) atoms. The molecule has 0 radical (unpaired) electrons. The molecule has 3 unspecified atom stereocenters. The number of fused-ring (bicyclic) bond motifs is 3. The second-order valence-electron chi connectivity index (χ2n) is 31.0. The number of halogens is 5. The van der Waals surface area contributed by atoms with Gasteiger partial charge in [-0.2, -0.15) is 13.2 Å². The average Bonchev–Trinajstić information content (AvgIpc) is 0.943. The van der Waals surface area contributed by atoms with E-state index in [9.17, 15) is 41.9 Å². The Bertz CT molecular complexity index is 3060. The Balaban J connectivity index is 1.48. The Hall–Kier alpha value is -6.29. The number of alkyl halides is 5. The van der Waals surface area contributed by atoms with E-state index in [-0.39, 0.29) is 119 Å². The lowest BCUT2D eigenvalue weighted by atomic mass is 9.74. The number of amides is 12. The maximum absolute atomic E-state index is 15.6. The van der Waals surface area contributed by atoms with Crippen molar-refractivity contribution in [1.29, 1.82) is 0 Å². The second-order valence-corrected chi connectivity index (χ2v) is 32.1. The van der Waals surface area contributed by atoms with Crippen molar-refractivity contribution in [1.82, 2.24) is 60.0 Å². The number of rotatable bonds is 15. The van der Waals surface area contributed by atoms with Crippen LogP contribution in [-0.4, -0.2) is 281 Å². The highest BCUT2D eigenvalue weighted by molar-refractivity contribution is 6.30. The highest BCUT2D eigenvalue weighted by atomic mass is 35.5. The molecule has 3 N–H and O–H groups in total. The molecule has 588 valence electrons. The molecule has 0 aromatic rings. The summed E-state index contributed by atoms with van der Waals surface area (Å²) in [6, 6.07) is -10.4. The van der Waals surface area contributed by atoms with Crippen LogP contribution in [0.15, 0.2) is 12.2 Å². The molecule has 3 aliphatic carbocycles. The molecule has 12 amide bonds. The number of hydrogen-bond donors (Lipinski definition) is 3. The Morgan fingerprint density at radius 3 is 1.87 bits per heavy atom. The van der Waals surface area contributed by atoms with Gasteiger partial charge in [-0.05, 0) is 139 Å². The number of ether oxygens (including phenoxy) is 1. The van der Waals surface area contributed by atoms with E-state index >= 15 is 28.8 Å². The van der Waals surface area contributed by atoms with Crippen LogP contribution in [0.3, 0.4) is 0 Å². The van der Waals surface area contributed by atoms with Gasteiger partial charge in [0.05, 0.1) is 36.9 Å². The first-order chi connectivity index (χ1) is 48.9.